The molecule has 2 aliphatic rings. The van der Waals surface area contributed by atoms with Crippen LogP contribution in [-0.4, -0.2) is 78.3 Å². The van der Waals surface area contributed by atoms with Gasteiger partial charge in [0.25, 0.3) is 0 Å². The lowest BCUT2D eigenvalue weighted by atomic mass is 9.97. The number of hydrogen-bond acceptors (Lipinski definition) is 12. The lowest BCUT2D eigenvalue weighted by molar-refractivity contribution is -0.285. The van der Waals surface area contributed by atoms with E-state index in [2.05, 4.69) is 0 Å². The Morgan fingerprint density at radius 1 is 1.02 bits per heavy atom. The first-order chi connectivity index (χ1) is 19.0. The van der Waals surface area contributed by atoms with Crippen LogP contribution < -0.4 is 9.47 Å². The van der Waals surface area contributed by atoms with Gasteiger partial charge in [-0.2, -0.15) is 0 Å². The first-order valence-corrected chi connectivity index (χ1v) is 12.5. The second-order valence-corrected chi connectivity index (χ2v) is 9.00. The number of aliphatic hydroxyl groups is 2. The number of carbonyl (C=O) groups is 4. The van der Waals surface area contributed by atoms with E-state index >= 15 is 0 Å². The fourth-order valence-corrected chi connectivity index (χ4v) is 4.20. The quantitative estimate of drug-likeness (QED) is 0.185. The number of aliphatic hydroxyl groups excluding tert-OH is 2. The molecule has 12 nitrogen and oxygen atoms in total. The minimum absolute atomic E-state index is 0.0978. The van der Waals surface area contributed by atoms with Crippen molar-refractivity contribution in [3.05, 3.63) is 59.9 Å². The van der Waals surface area contributed by atoms with Gasteiger partial charge >= 0.3 is 17.9 Å². The van der Waals surface area contributed by atoms with E-state index in [4.69, 9.17) is 28.4 Å². The van der Waals surface area contributed by atoms with Crippen molar-refractivity contribution in [3.8, 4) is 11.5 Å². The van der Waals surface area contributed by atoms with Gasteiger partial charge in [0.15, 0.2) is 11.9 Å². The molecular weight excluding hydrogens is 528 g/mol. The fraction of sp³-hybridized carbons (Fsp3) is 0.429. The highest BCUT2D eigenvalue weighted by atomic mass is 16.7. The third-order valence-corrected chi connectivity index (χ3v) is 5.96. The summed E-state index contributed by atoms with van der Waals surface area (Å²) in [7, 11) is 1.56. The molecule has 6 atom stereocenters. The molecule has 3 rings (SSSR count). The van der Waals surface area contributed by atoms with Crippen molar-refractivity contribution in [2.45, 2.75) is 57.9 Å². The van der Waals surface area contributed by atoms with Crippen LogP contribution in [0.4, 0.5) is 0 Å². The van der Waals surface area contributed by atoms with Gasteiger partial charge in [0.05, 0.1) is 13.7 Å². The number of rotatable bonds is 10. The summed E-state index contributed by atoms with van der Waals surface area (Å²) < 4.78 is 32.5. The van der Waals surface area contributed by atoms with E-state index in [1.54, 1.807) is 19.3 Å². The highest BCUT2D eigenvalue weighted by molar-refractivity contribution is 6.09. The SMILES string of the molecule is COC1=CCC(C=CC(=O)c2c(OC(C)=O)cccc2O[C@@H]2O[C@H](CO)[C@@H](O)[C@H](OC(C)=O)[C@H]2OC(C)=O)C=C1. The zero-order valence-electron chi connectivity index (χ0n) is 22.5. The molecular formula is C28H32O12. The number of ketones is 1. The van der Waals surface area contributed by atoms with Crippen molar-refractivity contribution in [1.29, 1.82) is 0 Å². The Morgan fingerprint density at radius 3 is 2.27 bits per heavy atom. The summed E-state index contributed by atoms with van der Waals surface area (Å²) in [5.74, 6) is -2.46. The number of esters is 3. The van der Waals surface area contributed by atoms with Crippen LogP contribution in [-0.2, 0) is 33.3 Å². The topological polar surface area (TPSA) is 164 Å². The summed E-state index contributed by atoms with van der Waals surface area (Å²) in [5, 5.41) is 20.4. The van der Waals surface area contributed by atoms with Crippen molar-refractivity contribution in [2.24, 2.45) is 5.92 Å². The molecule has 1 aromatic carbocycles. The number of hydrogen-bond donors (Lipinski definition) is 2. The van der Waals surface area contributed by atoms with Crippen LogP contribution in [0.3, 0.4) is 0 Å². The molecule has 1 fully saturated rings. The number of carbonyl (C=O) groups excluding carboxylic acids is 4. The first kappa shape index (κ1) is 30.5. The summed E-state index contributed by atoms with van der Waals surface area (Å²) in [6, 6.07) is 4.26. The van der Waals surface area contributed by atoms with E-state index in [0.29, 0.717) is 12.2 Å². The molecule has 1 aromatic rings. The molecule has 12 heteroatoms. The molecule has 0 bridgehead atoms. The standard InChI is InChI=1S/C28H32O12/c1-15(30)36-21-6-5-7-22(24(21)20(33)13-10-18-8-11-19(35-4)12-9-18)39-28-27(38-17(3)32)26(37-16(2)31)25(34)23(14-29)40-28/h5-8,10-13,18,23,25-29,34H,9,14H2,1-4H3/t18?,23-,25-,26+,27-,28-/m1/s1. The molecule has 216 valence electrons. The molecule has 40 heavy (non-hydrogen) atoms. The van der Waals surface area contributed by atoms with Crippen molar-refractivity contribution >= 4 is 23.7 Å². The Hall–Kier alpha value is -4.00. The number of allylic oxidation sites excluding steroid dienone is 5. The lowest BCUT2D eigenvalue weighted by Crippen LogP contribution is -2.62. The molecule has 0 aromatic heterocycles. The largest absolute Gasteiger partial charge is 0.497 e. The third kappa shape index (κ3) is 7.78. The van der Waals surface area contributed by atoms with Crippen molar-refractivity contribution in [1.82, 2.24) is 0 Å². The van der Waals surface area contributed by atoms with E-state index in [1.165, 1.54) is 31.2 Å². The molecule has 0 amide bonds. The van der Waals surface area contributed by atoms with Gasteiger partial charge in [0.1, 0.15) is 35.0 Å². The van der Waals surface area contributed by atoms with Crippen LogP contribution >= 0.6 is 0 Å². The number of benzene rings is 1. The normalized spacial score (nSPS) is 26.0. The molecule has 2 N–H and O–H groups in total. The predicted molar refractivity (Wildman–Crippen MR) is 137 cm³/mol. The summed E-state index contributed by atoms with van der Waals surface area (Å²) in [6.07, 6.45) is 1.76. The van der Waals surface area contributed by atoms with Crippen molar-refractivity contribution < 1.29 is 57.8 Å². The zero-order chi connectivity index (χ0) is 29.4. The maximum atomic E-state index is 13.4. The fourth-order valence-electron chi connectivity index (χ4n) is 4.20. The maximum Gasteiger partial charge on any atom is 0.308 e. The Kier molecular flexibility index (Phi) is 10.6. The van der Waals surface area contributed by atoms with Gasteiger partial charge in [-0.1, -0.05) is 18.2 Å². The highest BCUT2D eigenvalue weighted by Gasteiger charge is 2.50. The van der Waals surface area contributed by atoms with Crippen LogP contribution in [0.15, 0.2) is 54.3 Å². The Morgan fingerprint density at radius 2 is 1.70 bits per heavy atom. The van der Waals surface area contributed by atoms with Gasteiger partial charge in [-0.3, -0.25) is 19.2 Å². The first-order valence-electron chi connectivity index (χ1n) is 12.5. The van der Waals surface area contributed by atoms with Crippen LogP contribution in [0.2, 0.25) is 0 Å². The Bertz CT molecular complexity index is 1200. The van der Waals surface area contributed by atoms with Gasteiger partial charge in [0, 0.05) is 20.8 Å². The van der Waals surface area contributed by atoms with Crippen LogP contribution in [0.1, 0.15) is 37.6 Å². The summed E-state index contributed by atoms with van der Waals surface area (Å²) >= 11 is 0. The smallest absolute Gasteiger partial charge is 0.308 e. The van der Waals surface area contributed by atoms with E-state index in [9.17, 15) is 29.4 Å². The second kappa shape index (κ2) is 13.9. The molecule has 1 saturated heterocycles. The second-order valence-electron chi connectivity index (χ2n) is 9.00. The van der Waals surface area contributed by atoms with Gasteiger partial charge in [-0.25, -0.2) is 0 Å². The zero-order valence-corrected chi connectivity index (χ0v) is 22.5. The lowest BCUT2D eigenvalue weighted by Gasteiger charge is -2.42. The number of ether oxygens (including phenoxy) is 6. The van der Waals surface area contributed by atoms with E-state index in [-0.39, 0.29) is 23.0 Å². The van der Waals surface area contributed by atoms with Gasteiger partial charge < -0.3 is 38.6 Å². The average Bonchev–Trinajstić information content (AvgIpc) is 2.90. The average molecular weight is 561 g/mol. The molecule has 0 saturated carbocycles. The minimum Gasteiger partial charge on any atom is -0.497 e. The third-order valence-electron chi connectivity index (χ3n) is 5.96. The van der Waals surface area contributed by atoms with E-state index in [0.717, 1.165) is 13.8 Å². The summed E-state index contributed by atoms with van der Waals surface area (Å²) in [6.45, 7) is 2.66. The van der Waals surface area contributed by atoms with Crippen LogP contribution in [0.25, 0.3) is 0 Å². The summed E-state index contributed by atoms with van der Waals surface area (Å²) in [5.41, 5.74) is -0.136. The van der Waals surface area contributed by atoms with Crippen molar-refractivity contribution in [3.63, 3.8) is 0 Å². The van der Waals surface area contributed by atoms with Crippen LogP contribution in [0.5, 0.6) is 11.5 Å². The molecule has 1 aliphatic heterocycles. The Balaban J connectivity index is 1.98. The van der Waals surface area contributed by atoms with Crippen molar-refractivity contribution in [2.75, 3.05) is 13.7 Å². The van der Waals surface area contributed by atoms with Crippen LogP contribution in [0, 0.1) is 5.92 Å². The maximum absolute atomic E-state index is 13.4. The van der Waals surface area contributed by atoms with E-state index < -0.39 is 61.0 Å². The highest BCUT2D eigenvalue weighted by Crippen LogP contribution is 2.34. The molecule has 1 unspecified atom stereocenters. The molecule has 0 spiro atoms. The summed E-state index contributed by atoms with van der Waals surface area (Å²) in [4.78, 5) is 48.8. The van der Waals surface area contributed by atoms with E-state index in [1.807, 2.05) is 12.2 Å². The molecule has 0 radical (unpaired) electrons. The Labute approximate surface area is 230 Å². The van der Waals surface area contributed by atoms with Gasteiger partial charge in [-0.15, -0.1) is 0 Å². The molecule has 1 heterocycles. The molecule has 1 aliphatic carbocycles. The number of methoxy groups -OCH3 is 1. The van der Waals surface area contributed by atoms with Gasteiger partial charge in [0.2, 0.25) is 12.4 Å². The predicted octanol–water partition coefficient (Wildman–Crippen LogP) is 1.78. The van der Waals surface area contributed by atoms with Gasteiger partial charge in [-0.05, 0) is 42.7 Å². The monoisotopic (exact) mass is 560 g/mol. The minimum atomic E-state index is -1.56.